The predicted octanol–water partition coefficient (Wildman–Crippen LogP) is 3.60. The predicted molar refractivity (Wildman–Crippen MR) is 84.7 cm³/mol. The standard InChI is InChI=1S/C14H12BrN5O3/c1-2-12(19-8-10(15)7-16-19)14-17-13(18-23-14)9-3-5-11(6-4-9)20(21)22/h3-8,12H,2H2,1H3. The molecule has 118 valence electrons. The number of aromatic nitrogens is 4. The summed E-state index contributed by atoms with van der Waals surface area (Å²) in [7, 11) is 0. The quantitative estimate of drug-likeness (QED) is 0.497. The molecule has 0 amide bonds. The Morgan fingerprint density at radius 2 is 2.13 bits per heavy atom. The van der Waals surface area contributed by atoms with Gasteiger partial charge in [-0.2, -0.15) is 10.1 Å². The van der Waals surface area contributed by atoms with E-state index in [2.05, 4.69) is 31.2 Å². The summed E-state index contributed by atoms with van der Waals surface area (Å²) in [5.74, 6) is 0.830. The van der Waals surface area contributed by atoms with Gasteiger partial charge in [0.1, 0.15) is 6.04 Å². The number of nitro groups is 1. The van der Waals surface area contributed by atoms with Gasteiger partial charge in [-0.1, -0.05) is 12.1 Å². The number of non-ortho nitro benzene ring substituents is 1. The maximum atomic E-state index is 10.7. The van der Waals surface area contributed by atoms with E-state index in [0.29, 0.717) is 17.3 Å². The second-order valence-corrected chi connectivity index (χ2v) is 5.74. The van der Waals surface area contributed by atoms with Gasteiger partial charge in [0.15, 0.2) is 0 Å². The molecular weight excluding hydrogens is 366 g/mol. The van der Waals surface area contributed by atoms with Crippen molar-refractivity contribution < 1.29 is 9.45 Å². The van der Waals surface area contributed by atoms with Crippen LogP contribution in [0, 0.1) is 10.1 Å². The van der Waals surface area contributed by atoms with E-state index in [0.717, 1.165) is 10.9 Å². The van der Waals surface area contributed by atoms with Crippen LogP contribution in [0.4, 0.5) is 5.69 Å². The van der Waals surface area contributed by atoms with Gasteiger partial charge in [-0.3, -0.25) is 14.8 Å². The van der Waals surface area contributed by atoms with Crippen LogP contribution >= 0.6 is 15.9 Å². The molecule has 0 fully saturated rings. The van der Waals surface area contributed by atoms with Crippen LogP contribution in [0.5, 0.6) is 0 Å². The third-order valence-corrected chi connectivity index (χ3v) is 3.75. The van der Waals surface area contributed by atoms with Gasteiger partial charge in [0.05, 0.1) is 15.6 Å². The zero-order valence-electron chi connectivity index (χ0n) is 12.1. The zero-order valence-corrected chi connectivity index (χ0v) is 13.7. The molecule has 0 aliphatic carbocycles. The van der Waals surface area contributed by atoms with Crippen LogP contribution in [0.3, 0.4) is 0 Å². The average Bonchev–Trinajstić information content (AvgIpc) is 3.18. The molecular formula is C14H12BrN5O3. The molecule has 0 spiro atoms. The van der Waals surface area contributed by atoms with Gasteiger partial charge in [0.25, 0.3) is 11.6 Å². The van der Waals surface area contributed by atoms with Crippen LogP contribution in [0.1, 0.15) is 25.3 Å². The summed E-state index contributed by atoms with van der Waals surface area (Å²) < 4.78 is 7.96. The molecule has 9 heteroatoms. The maximum Gasteiger partial charge on any atom is 0.269 e. The number of halogens is 1. The SMILES string of the molecule is CCC(c1nc(-c2ccc([N+](=O)[O-])cc2)no1)n1cc(Br)cn1. The number of hydrogen-bond acceptors (Lipinski definition) is 6. The molecule has 23 heavy (non-hydrogen) atoms. The van der Waals surface area contributed by atoms with Gasteiger partial charge in [-0.15, -0.1) is 0 Å². The van der Waals surface area contributed by atoms with Crippen molar-refractivity contribution in [3.05, 3.63) is 57.1 Å². The van der Waals surface area contributed by atoms with Gasteiger partial charge in [-0.25, -0.2) is 0 Å². The van der Waals surface area contributed by atoms with Crippen LogP contribution in [0.2, 0.25) is 0 Å². The molecule has 1 atom stereocenters. The number of hydrogen-bond donors (Lipinski definition) is 0. The minimum absolute atomic E-state index is 0.0188. The summed E-state index contributed by atoms with van der Waals surface area (Å²) in [5, 5.41) is 18.9. The summed E-state index contributed by atoms with van der Waals surface area (Å²) in [6, 6.07) is 5.84. The van der Waals surface area contributed by atoms with Crippen molar-refractivity contribution in [3.63, 3.8) is 0 Å². The first-order chi connectivity index (χ1) is 11.1. The third kappa shape index (κ3) is 3.14. The largest absolute Gasteiger partial charge is 0.337 e. The molecule has 0 saturated heterocycles. The third-order valence-electron chi connectivity index (χ3n) is 3.34. The van der Waals surface area contributed by atoms with E-state index in [1.807, 2.05) is 13.1 Å². The Kier molecular flexibility index (Phi) is 4.20. The van der Waals surface area contributed by atoms with Gasteiger partial charge in [0.2, 0.25) is 5.82 Å². The van der Waals surface area contributed by atoms with Crippen LogP contribution in [0.25, 0.3) is 11.4 Å². The highest BCUT2D eigenvalue weighted by Gasteiger charge is 2.20. The van der Waals surface area contributed by atoms with Crippen LogP contribution < -0.4 is 0 Å². The van der Waals surface area contributed by atoms with Crippen molar-refractivity contribution in [2.24, 2.45) is 0 Å². The molecule has 8 nitrogen and oxygen atoms in total. The molecule has 0 aliphatic heterocycles. The normalized spacial score (nSPS) is 12.3. The topological polar surface area (TPSA) is 99.9 Å². The highest BCUT2D eigenvalue weighted by molar-refractivity contribution is 9.10. The van der Waals surface area contributed by atoms with Crippen molar-refractivity contribution in [2.45, 2.75) is 19.4 Å². The molecule has 0 radical (unpaired) electrons. The van der Waals surface area contributed by atoms with Gasteiger partial charge >= 0.3 is 0 Å². The maximum absolute atomic E-state index is 10.7. The lowest BCUT2D eigenvalue weighted by Gasteiger charge is -2.09. The van der Waals surface area contributed by atoms with Crippen LogP contribution in [-0.4, -0.2) is 24.8 Å². The van der Waals surface area contributed by atoms with Crippen molar-refractivity contribution in [3.8, 4) is 11.4 Å². The Morgan fingerprint density at radius 3 is 2.70 bits per heavy atom. The molecule has 0 saturated carbocycles. The summed E-state index contributed by atoms with van der Waals surface area (Å²) in [5.41, 5.74) is 0.674. The van der Waals surface area contributed by atoms with E-state index >= 15 is 0 Å². The summed E-state index contributed by atoms with van der Waals surface area (Å²) in [4.78, 5) is 14.6. The fourth-order valence-corrected chi connectivity index (χ4v) is 2.48. The van der Waals surface area contributed by atoms with Crippen molar-refractivity contribution >= 4 is 21.6 Å². The van der Waals surface area contributed by atoms with Crippen molar-refractivity contribution in [2.75, 3.05) is 0 Å². The van der Waals surface area contributed by atoms with Gasteiger partial charge < -0.3 is 4.52 Å². The Balaban J connectivity index is 1.88. The Hall–Kier alpha value is -2.55. The fraction of sp³-hybridized carbons (Fsp3) is 0.214. The first-order valence-electron chi connectivity index (χ1n) is 6.86. The minimum atomic E-state index is -0.450. The summed E-state index contributed by atoms with van der Waals surface area (Å²) in [6.45, 7) is 2.00. The molecule has 0 N–H and O–H groups in total. The molecule has 3 aromatic rings. The Labute approximate surface area is 139 Å². The Morgan fingerprint density at radius 1 is 1.39 bits per heavy atom. The van der Waals surface area contributed by atoms with E-state index in [-0.39, 0.29) is 11.7 Å². The molecule has 0 bridgehead atoms. The number of nitro benzene ring substituents is 1. The summed E-state index contributed by atoms with van der Waals surface area (Å²) in [6.07, 6.45) is 4.26. The summed E-state index contributed by atoms with van der Waals surface area (Å²) >= 11 is 3.36. The minimum Gasteiger partial charge on any atom is -0.337 e. The van der Waals surface area contributed by atoms with Crippen molar-refractivity contribution in [1.29, 1.82) is 0 Å². The van der Waals surface area contributed by atoms with E-state index in [1.54, 1.807) is 23.0 Å². The van der Waals surface area contributed by atoms with Crippen LogP contribution in [-0.2, 0) is 0 Å². The Bertz CT molecular complexity index is 827. The molecule has 1 unspecified atom stereocenters. The smallest absolute Gasteiger partial charge is 0.269 e. The average molecular weight is 378 g/mol. The second kappa shape index (κ2) is 6.29. The van der Waals surface area contributed by atoms with Crippen molar-refractivity contribution in [1.82, 2.24) is 19.9 Å². The number of rotatable bonds is 5. The monoisotopic (exact) mass is 377 g/mol. The fourth-order valence-electron chi connectivity index (χ4n) is 2.18. The lowest BCUT2D eigenvalue weighted by Crippen LogP contribution is -2.10. The molecule has 1 aromatic carbocycles. The molecule has 0 aliphatic rings. The van der Waals surface area contributed by atoms with Gasteiger partial charge in [-0.05, 0) is 34.5 Å². The highest BCUT2D eigenvalue weighted by Crippen LogP contribution is 2.25. The zero-order chi connectivity index (χ0) is 16.4. The molecule has 3 rings (SSSR count). The first kappa shape index (κ1) is 15.3. The molecule has 2 aromatic heterocycles. The van der Waals surface area contributed by atoms with E-state index in [1.165, 1.54) is 12.1 Å². The molecule has 2 heterocycles. The highest BCUT2D eigenvalue weighted by atomic mass is 79.9. The van der Waals surface area contributed by atoms with E-state index in [9.17, 15) is 10.1 Å². The van der Waals surface area contributed by atoms with E-state index in [4.69, 9.17) is 4.52 Å². The lowest BCUT2D eigenvalue weighted by atomic mass is 10.2. The van der Waals surface area contributed by atoms with E-state index < -0.39 is 4.92 Å². The number of benzene rings is 1. The second-order valence-electron chi connectivity index (χ2n) is 4.82. The first-order valence-corrected chi connectivity index (χ1v) is 7.66. The number of nitrogens with zero attached hydrogens (tertiary/aromatic N) is 5. The lowest BCUT2D eigenvalue weighted by molar-refractivity contribution is -0.384. The van der Waals surface area contributed by atoms with Crippen LogP contribution in [0.15, 0.2) is 45.7 Å². The van der Waals surface area contributed by atoms with Gasteiger partial charge in [0, 0.05) is 23.9 Å².